The lowest BCUT2D eigenvalue weighted by atomic mass is 10.1. The fraction of sp³-hybridized carbons (Fsp3) is 0.357. The van der Waals surface area contributed by atoms with Crippen molar-refractivity contribution < 1.29 is 14.0 Å². The topological polar surface area (TPSA) is 51.7 Å². The van der Waals surface area contributed by atoms with Gasteiger partial charge in [0.1, 0.15) is 12.4 Å². The maximum atomic E-state index is 12.8. The van der Waals surface area contributed by atoms with Crippen LogP contribution in [0.4, 0.5) is 5.82 Å². The minimum absolute atomic E-state index is 0.0252. The van der Waals surface area contributed by atoms with Crippen molar-refractivity contribution in [2.24, 2.45) is 0 Å². The lowest BCUT2D eigenvalue weighted by Gasteiger charge is -2.43. The summed E-state index contributed by atoms with van der Waals surface area (Å²) in [7, 11) is -2.70. The molecule has 1 amide bonds. The van der Waals surface area contributed by atoms with Crippen LogP contribution >= 0.6 is 0 Å². The Kier molecular flexibility index (Phi) is 7.31. The molecule has 34 heavy (non-hydrogen) atoms. The zero-order valence-corrected chi connectivity index (χ0v) is 21.5. The second kappa shape index (κ2) is 10.2. The first-order chi connectivity index (χ1) is 16.4. The van der Waals surface area contributed by atoms with E-state index in [4.69, 9.17) is 9.16 Å². The summed E-state index contributed by atoms with van der Waals surface area (Å²) in [5.74, 6) is 0.629. The van der Waals surface area contributed by atoms with E-state index in [0.717, 1.165) is 12.0 Å². The third-order valence-corrected chi connectivity index (χ3v) is 11.6. The van der Waals surface area contributed by atoms with Crippen molar-refractivity contribution in [3.8, 4) is 0 Å². The highest BCUT2D eigenvalue weighted by Gasteiger charge is 2.50. The molecule has 1 fully saturated rings. The molecule has 1 aliphatic heterocycles. The predicted molar refractivity (Wildman–Crippen MR) is 139 cm³/mol. The Morgan fingerprint density at radius 3 is 2.18 bits per heavy atom. The number of carbonyl (C=O) groups excluding carboxylic acids is 1. The molecule has 0 saturated carbocycles. The Balaban J connectivity index is 1.78. The van der Waals surface area contributed by atoms with Gasteiger partial charge >= 0.3 is 0 Å². The van der Waals surface area contributed by atoms with Gasteiger partial charge in [-0.05, 0) is 27.9 Å². The van der Waals surface area contributed by atoms with Gasteiger partial charge in [0.05, 0.1) is 19.3 Å². The Bertz CT molecular complexity index is 1060. The zero-order valence-electron chi connectivity index (χ0n) is 20.5. The Morgan fingerprint density at radius 1 is 1.00 bits per heavy atom. The van der Waals surface area contributed by atoms with Crippen LogP contribution in [-0.2, 0) is 20.6 Å². The number of carbonyl (C=O) groups is 1. The molecule has 0 radical (unpaired) electrons. The van der Waals surface area contributed by atoms with E-state index < -0.39 is 8.32 Å². The average Bonchev–Trinajstić information content (AvgIpc) is 2.85. The van der Waals surface area contributed by atoms with Crippen LogP contribution in [0.25, 0.3) is 0 Å². The summed E-state index contributed by atoms with van der Waals surface area (Å²) in [6, 6.07) is 25.1. The maximum absolute atomic E-state index is 12.8. The van der Waals surface area contributed by atoms with Crippen molar-refractivity contribution in [2.45, 2.75) is 51.8 Å². The molecule has 1 aromatic heterocycles. The number of benzene rings is 2. The molecule has 0 aliphatic carbocycles. The molecular formula is C28H34N2O3Si. The van der Waals surface area contributed by atoms with Crippen molar-refractivity contribution in [3.05, 3.63) is 84.6 Å². The molecule has 4 rings (SSSR count). The minimum Gasteiger partial charge on any atom is -0.403 e. The molecule has 5 nitrogen and oxygen atoms in total. The fourth-order valence-electron chi connectivity index (χ4n) is 4.93. The lowest BCUT2D eigenvalue weighted by molar-refractivity contribution is -0.127. The summed E-state index contributed by atoms with van der Waals surface area (Å²) in [5.41, 5.74) is 0.921. The number of amides is 1. The molecule has 1 saturated heterocycles. The number of ether oxygens (including phenoxy) is 1. The zero-order chi connectivity index (χ0) is 24.2. The smallest absolute Gasteiger partial charge is 0.261 e. The first-order valence-electron chi connectivity index (χ1n) is 12.0. The maximum Gasteiger partial charge on any atom is 0.261 e. The van der Waals surface area contributed by atoms with Crippen LogP contribution in [0.5, 0.6) is 0 Å². The number of pyridine rings is 1. The highest BCUT2D eigenvalue weighted by molar-refractivity contribution is 6.99. The molecule has 2 aromatic carbocycles. The molecule has 1 unspecified atom stereocenters. The van der Waals surface area contributed by atoms with E-state index in [-0.39, 0.29) is 23.6 Å². The van der Waals surface area contributed by atoms with Crippen LogP contribution < -0.4 is 15.3 Å². The van der Waals surface area contributed by atoms with Crippen LogP contribution in [0.1, 0.15) is 39.7 Å². The first kappa shape index (κ1) is 24.3. The van der Waals surface area contributed by atoms with Gasteiger partial charge in [-0.2, -0.15) is 0 Å². The number of nitrogens with zero attached hydrogens (tertiary/aromatic N) is 2. The van der Waals surface area contributed by atoms with Crippen LogP contribution in [-0.4, -0.2) is 38.5 Å². The molecule has 1 atom stereocenters. The molecular weight excluding hydrogens is 440 g/mol. The first-order valence-corrected chi connectivity index (χ1v) is 13.9. The number of morpholine rings is 1. The van der Waals surface area contributed by atoms with Crippen LogP contribution in [0.15, 0.2) is 79.0 Å². The fourth-order valence-corrected chi connectivity index (χ4v) is 9.46. The third kappa shape index (κ3) is 4.58. The van der Waals surface area contributed by atoms with Gasteiger partial charge in [-0.1, -0.05) is 94.4 Å². The van der Waals surface area contributed by atoms with Gasteiger partial charge in [-0.25, -0.2) is 4.98 Å². The summed E-state index contributed by atoms with van der Waals surface area (Å²) < 4.78 is 12.6. The number of anilines is 1. The normalized spacial score (nSPS) is 17.1. The Morgan fingerprint density at radius 2 is 1.62 bits per heavy atom. The van der Waals surface area contributed by atoms with Crippen LogP contribution in [0.3, 0.4) is 0 Å². The van der Waals surface area contributed by atoms with E-state index in [1.54, 1.807) is 6.20 Å². The SMILES string of the molecule is CCC1COCC(=O)N1c1ncccc1CO[Si](c1ccccc1)(c1ccccc1)C(C)(C)C. The van der Waals surface area contributed by atoms with Gasteiger partial charge in [-0.15, -0.1) is 0 Å². The van der Waals surface area contributed by atoms with Gasteiger partial charge in [-0.3, -0.25) is 9.69 Å². The highest BCUT2D eigenvalue weighted by Crippen LogP contribution is 2.38. The molecule has 2 heterocycles. The number of hydrogen-bond acceptors (Lipinski definition) is 4. The van der Waals surface area contributed by atoms with E-state index in [1.807, 2.05) is 29.2 Å². The molecule has 3 aromatic rings. The van der Waals surface area contributed by atoms with E-state index in [0.29, 0.717) is 19.0 Å². The van der Waals surface area contributed by atoms with E-state index >= 15 is 0 Å². The standard InChI is InChI=1S/C28H34N2O3Si/c1-5-23-20-32-21-26(31)30(23)27-22(13-12-18-29-27)19-33-34(28(2,3)4,24-14-8-6-9-15-24)25-16-10-7-11-17-25/h6-18,23H,5,19-21H2,1-4H3. The van der Waals surface area contributed by atoms with Crippen molar-refractivity contribution in [1.29, 1.82) is 0 Å². The number of rotatable bonds is 7. The predicted octanol–water partition coefficient (Wildman–Crippen LogP) is 4.30. The largest absolute Gasteiger partial charge is 0.403 e. The molecule has 1 aliphatic rings. The summed E-state index contributed by atoms with van der Waals surface area (Å²) in [4.78, 5) is 19.3. The highest BCUT2D eigenvalue weighted by atomic mass is 28.4. The molecule has 178 valence electrons. The third-order valence-electron chi connectivity index (χ3n) is 6.60. The molecule has 0 spiro atoms. The van der Waals surface area contributed by atoms with Crippen molar-refractivity contribution in [1.82, 2.24) is 4.98 Å². The van der Waals surface area contributed by atoms with Gasteiger partial charge in [0.25, 0.3) is 14.2 Å². The summed E-state index contributed by atoms with van der Waals surface area (Å²) in [6.45, 7) is 9.85. The lowest BCUT2D eigenvalue weighted by Crippen LogP contribution is -2.66. The summed E-state index contributed by atoms with van der Waals surface area (Å²) >= 11 is 0. The van der Waals surface area contributed by atoms with Gasteiger partial charge in [0, 0.05) is 11.8 Å². The van der Waals surface area contributed by atoms with E-state index in [1.165, 1.54) is 10.4 Å². The monoisotopic (exact) mass is 474 g/mol. The number of aromatic nitrogens is 1. The van der Waals surface area contributed by atoms with Crippen molar-refractivity contribution in [3.63, 3.8) is 0 Å². The van der Waals surface area contributed by atoms with E-state index in [2.05, 4.69) is 81.2 Å². The van der Waals surface area contributed by atoms with Gasteiger partial charge in [0.2, 0.25) is 0 Å². The van der Waals surface area contributed by atoms with Crippen molar-refractivity contribution >= 4 is 30.4 Å². The minimum atomic E-state index is -2.70. The van der Waals surface area contributed by atoms with Gasteiger partial charge < -0.3 is 9.16 Å². The van der Waals surface area contributed by atoms with Gasteiger partial charge in [0.15, 0.2) is 0 Å². The van der Waals surface area contributed by atoms with E-state index in [9.17, 15) is 4.79 Å². The molecule has 0 bridgehead atoms. The van der Waals surface area contributed by atoms with Crippen molar-refractivity contribution in [2.75, 3.05) is 18.1 Å². The summed E-state index contributed by atoms with van der Waals surface area (Å²) in [6.07, 6.45) is 2.55. The Labute approximate surface area is 203 Å². The number of hydrogen-bond donors (Lipinski definition) is 0. The summed E-state index contributed by atoms with van der Waals surface area (Å²) in [5, 5.41) is 2.33. The van der Waals surface area contributed by atoms with Crippen LogP contribution in [0.2, 0.25) is 5.04 Å². The quantitative estimate of drug-likeness (QED) is 0.479. The molecule has 6 heteroatoms. The Hall–Kier alpha value is -2.80. The second-order valence-corrected chi connectivity index (χ2v) is 14.1. The molecule has 0 N–H and O–H groups in total. The van der Waals surface area contributed by atoms with Crippen LogP contribution in [0, 0.1) is 0 Å². The average molecular weight is 475 g/mol. The second-order valence-electron chi connectivity index (χ2n) is 9.78.